The molecule has 0 bridgehead atoms. The van der Waals surface area contributed by atoms with E-state index < -0.39 is 5.79 Å². The van der Waals surface area contributed by atoms with Crippen molar-refractivity contribution in [1.29, 1.82) is 0 Å². The molecule has 2 heteroatoms. The van der Waals surface area contributed by atoms with Crippen LogP contribution in [0, 0.1) is 29.1 Å². The zero-order chi connectivity index (χ0) is 14.6. The molecule has 19 heavy (non-hydrogen) atoms. The van der Waals surface area contributed by atoms with Crippen molar-refractivity contribution in [2.75, 3.05) is 0 Å². The normalized spacial score (nSPS) is 46.1. The standard InChI is InChI=1S/C17H32O2/c1-11-8-9-14-13(11)10-17(7,19-16(5,6)18)12(2)15(14,3)4/h11-14,18H,8-10H2,1-7H3/t11-,12+,13?,14?,17+/m1/s1. The molecule has 0 aliphatic heterocycles. The molecule has 2 fully saturated rings. The molecule has 0 aromatic carbocycles. The van der Waals surface area contributed by atoms with Gasteiger partial charge in [0.05, 0.1) is 5.60 Å². The highest BCUT2D eigenvalue weighted by Crippen LogP contribution is 2.60. The van der Waals surface area contributed by atoms with Gasteiger partial charge in [0.25, 0.3) is 0 Å². The zero-order valence-electron chi connectivity index (χ0n) is 13.8. The van der Waals surface area contributed by atoms with Crippen LogP contribution in [0.15, 0.2) is 0 Å². The van der Waals surface area contributed by atoms with Crippen molar-refractivity contribution in [2.45, 2.75) is 79.1 Å². The molecule has 1 N–H and O–H groups in total. The van der Waals surface area contributed by atoms with E-state index in [1.165, 1.54) is 12.8 Å². The number of rotatable bonds is 2. The van der Waals surface area contributed by atoms with Crippen molar-refractivity contribution >= 4 is 0 Å². The lowest BCUT2D eigenvalue weighted by atomic mass is 9.53. The SMILES string of the molecule is C[C@@H]1CCC2C1C[C@](C)(OC(C)(C)O)[C@@H](C)C2(C)C. The van der Waals surface area contributed by atoms with Gasteiger partial charge in [-0.15, -0.1) is 0 Å². The molecule has 2 aliphatic rings. The van der Waals surface area contributed by atoms with E-state index in [9.17, 15) is 5.11 Å². The molecule has 0 spiro atoms. The molecule has 0 aromatic rings. The Morgan fingerprint density at radius 2 is 1.68 bits per heavy atom. The topological polar surface area (TPSA) is 29.5 Å². The van der Waals surface area contributed by atoms with Crippen molar-refractivity contribution in [3.05, 3.63) is 0 Å². The highest BCUT2D eigenvalue weighted by molar-refractivity contribution is 5.06. The maximum absolute atomic E-state index is 10.1. The first-order chi connectivity index (χ1) is 8.47. The zero-order valence-corrected chi connectivity index (χ0v) is 13.8. The van der Waals surface area contributed by atoms with Gasteiger partial charge in [0, 0.05) is 0 Å². The van der Waals surface area contributed by atoms with Gasteiger partial charge in [-0.1, -0.05) is 34.1 Å². The van der Waals surface area contributed by atoms with E-state index in [0.29, 0.717) is 5.92 Å². The summed E-state index contributed by atoms with van der Waals surface area (Å²) in [6, 6.07) is 0. The third kappa shape index (κ3) is 2.58. The molecular weight excluding hydrogens is 236 g/mol. The molecule has 112 valence electrons. The molecular formula is C17H32O2. The first-order valence-electron chi connectivity index (χ1n) is 7.90. The van der Waals surface area contributed by atoms with Gasteiger partial charge >= 0.3 is 0 Å². The van der Waals surface area contributed by atoms with Crippen molar-refractivity contribution in [2.24, 2.45) is 29.1 Å². The monoisotopic (exact) mass is 268 g/mol. The van der Waals surface area contributed by atoms with Crippen LogP contribution < -0.4 is 0 Å². The first-order valence-corrected chi connectivity index (χ1v) is 7.90. The van der Waals surface area contributed by atoms with E-state index in [4.69, 9.17) is 4.74 Å². The molecule has 0 heterocycles. The van der Waals surface area contributed by atoms with Crippen molar-refractivity contribution in [3.8, 4) is 0 Å². The summed E-state index contributed by atoms with van der Waals surface area (Å²) in [5.74, 6) is 1.77. The average molecular weight is 268 g/mol. The number of ether oxygens (including phenoxy) is 1. The third-order valence-corrected chi connectivity index (χ3v) is 6.29. The molecule has 0 saturated heterocycles. The highest BCUT2D eigenvalue weighted by Gasteiger charge is 2.57. The van der Waals surface area contributed by atoms with E-state index in [2.05, 4.69) is 34.6 Å². The second-order valence-electron chi connectivity index (χ2n) is 8.43. The van der Waals surface area contributed by atoms with Crippen LogP contribution in [0.25, 0.3) is 0 Å². The van der Waals surface area contributed by atoms with Crippen LogP contribution in [0.4, 0.5) is 0 Å². The summed E-state index contributed by atoms with van der Waals surface area (Å²) in [5, 5.41) is 10.1. The largest absolute Gasteiger partial charge is 0.366 e. The van der Waals surface area contributed by atoms with Crippen LogP contribution in [0.5, 0.6) is 0 Å². The minimum absolute atomic E-state index is 0.221. The van der Waals surface area contributed by atoms with Gasteiger partial charge in [-0.2, -0.15) is 0 Å². The minimum Gasteiger partial charge on any atom is -0.366 e. The Balaban J connectivity index is 2.31. The number of aliphatic hydroxyl groups is 1. The fraction of sp³-hybridized carbons (Fsp3) is 1.00. The quantitative estimate of drug-likeness (QED) is 0.760. The number of hydrogen-bond donors (Lipinski definition) is 1. The summed E-state index contributed by atoms with van der Waals surface area (Å²) in [7, 11) is 0. The predicted molar refractivity (Wildman–Crippen MR) is 78.7 cm³/mol. The van der Waals surface area contributed by atoms with Crippen LogP contribution in [0.3, 0.4) is 0 Å². The van der Waals surface area contributed by atoms with Gasteiger partial charge in [-0.25, -0.2) is 0 Å². The maximum Gasteiger partial charge on any atom is 0.160 e. The molecule has 0 radical (unpaired) electrons. The second-order valence-corrected chi connectivity index (χ2v) is 8.43. The van der Waals surface area contributed by atoms with E-state index in [1.807, 2.05) is 0 Å². The molecule has 2 saturated carbocycles. The number of hydrogen-bond acceptors (Lipinski definition) is 2. The van der Waals surface area contributed by atoms with Gasteiger partial charge in [0.2, 0.25) is 0 Å². The average Bonchev–Trinajstić information content (AvgIpc) is 2.56. The number of fused-ring (bicyclic) bond motifs is 1. The molecule has 5 atom stereocenters. The summed E-state index contributed by atoms with van der Waals surface area (Å²) >= 11 is 0. The van der Waals surface area contributed by atoms with Crippen LogP contribution >= 0.6 is 0 Å². The van der Waals surface area contributed by atoms with Gasteiger partial charge in [-0.3, -0.25) is 0 Å². The van der Waals surface area contributed by atoms with Crippen LogP contribution in [0.1, 0.15) is 67.7 Å². The van der Waals surface area contributed by atoms with Crippen molar-refractivity contribution < 1.29 is 9.84 Å². The lowest BCUT2D eigenvalue weighted by molar-refractivity contribution is -0.284. The van der Waals surface area contributed by atoms with Crippen LogP contribution in [-0.2, 0) is 4.74 Å². The molecule has 2 unspecified atom stereocenters. The Kier molecular flexibility index (Phi) is 3.59. The summed E-state index contributed by atoms with van der Waals surface area (Å²) in [5.41, 5.74) is 0.0647. The van der Waals surface area contributed by atoms with Crippen molar-refractivity contribution in [3.63, 3.8) is 0 Å². The Hall–Kier alpha value is -0.0800. The Morgan fingerprint density at radius 3 is 2.21 bits per heavy atom. The molecule has 2 nitrogen and oxygen atoms in total. The summed E-state index contributed by atoms with van der Waals surface area (Å²) in [4.78, 5) is 0. The molecule has 2 rings (SSSR count). The summed E-state index contributed by atoms with van der Waals surface area (Å²) in [6.07, 6.45) is 3.80. The van der Waals surface area contributed by atoms with Gasteiger partial charge in [0.15, 0.2) is 5.79 Å². The lowest BCUT2D eigenvalue weighted by Crippen LogP contribution is -2.56. The predicted octanol–water partition coefficient (Wildman–Crippen LogP) is 4.22. The fourth-order valence-electron chi connectivity index (χ4n) is 4.99. The maximum atomic E-state index is 10.1. The third-order valence-electron chi connectivity index (χ3n) is 6.29. The van der Waals surface area contributed by atoms with Crippen molar-refractivity contribution in [1.82, 2.24) is 0 Å². The fourth-order valence-corrected chi connectivity index (χ4v) is 4.99. The van der Waals surface area contributed by atoms with Gasteiger partial charge in [-0.05, 0) is 62.7 Å². The molecule has 0 amide bonds. The summed E-state index contributed by atoms with van der Waals surface area (Å²) in [6.45, 7) is 15.2. The van der Waals surface area contributed by atoms with Crippen LogP contribution in [0.2, 0.25) is 0 Å². The van der Waals surface area contributed by atoms with Crippen LogP contribution in [-0.4, -0.2) is 16.5 Å². The Bertz CT molecular complexity index is 342. The van der Waals surface area contributed by atoms with E-state index in [-0.39, 0.29) is 11.0 Å². The van der Waals surface area contributed by atoms with Gasteiger partial charge in [0.1, 0.15) is 0 Å². The lowest BCUT2D eigenvalue weighted by Gasteiger charge is -2.56. The van der Waals surface area contributed by atoms with E-state index in [1.54, 1.807) is 13.8 Å². The molecule has 2 aliphatic carbocycles. The minimum atomic E-state index is -1.05. The Labute approximate surface area is 118 Å². The smallest absolute Gasteiger partial charge is 0.160 e. The second kappa shape index (κ2) is 4.46. The highest BCUT2D eigenvalue weighted by atomic mass is 16.6. The van der Waals surface area contributed by atoms with Gasteiger partial charge < -0.3 is 9.84 Å². The Morgan fingerprint density at radius 1 is 1.11 bits per heavy atom. The van der Waals surface area contributed by atoms with E-state index >= 15 is 0 Å². The first kappa shape index (κ1) is 15.3. The molecule has 0 aromatic heterocycles. The van der Waals surface area contributed by atoms with E-state index in [0.717, 1.165) is 24.2 Å². The summed E-state index contributed by atoms with van der Waals surface area (Å²) < 4.78 is 6.13.